The number of methoxy groups -OCH3 is 2. The molecule has 1 aromatic carbocycles. The summed E-state index contributed by atoms with van der Waals surface area (Å²) in [5.74, 6) is 1.50. The summed E-state index contributed by atoms with van der Waals surface area (Å²) in [6.45, 7) is 7.70. The number of ether oxygens (including phenoxy) is 3. The van der Waals surface area contributed by atoms with Crippen molar-refractivity contribution in [2.75, 3.05) is 46.9 Å². The lowest BCUT2D eigenvalue weighted by Crippen LogP contribution is -2.53. The van der Waals surface area contributed by atoms with Gasteiger partial charge in [0, 0.05) is 31.7 Å². The molecule has 9 nitrogen and oxygen atoms in total. The molecule has 10 heteroatoms. The van der Waals surface area contributed by atoms with E-state index in [9.17, 15) is 9.90 Å². The largest absolute Gasteiger partial charge is 0.497 e. The molecule has 1 aliphatic rings. The van der Waals surface area contributed by atoms with E-state index in [0.29, 0.717) is 49.2 Å². The third-order valence-electron chi connectivity index (χ3n) is 4.48. The second-order valence-electron chi connectivity index (χ2n) is 7.78. The first kappa shape index (κ1) is 26.1. The van der Waals surface area contributed by atoms with Gasteiger partial charge >= 0.3 is 6.09 Å². The zero-order valence-corrected chi connectivity index (χ0v) is 20.6. The third kappa shape index (κ3) is 7.38. The molecule has 0 aromatic heterocycles. The SMILES string of the molecule is COc1ccc(OC)c(C(O)CN=C(N)N2CCN(C(=O)OC(C)(C)C)CC2)c1.I. The van der Waals surface area contributed by atoms with E-state index < -0.39 is 11.7 Å². The van der Waals surface area contributed by atoms with Crippen LogP contribution in [0.25, 0.3) is 0 Å². The highest BCUT2D eigenvalue weighted by Crippen LogP contribution is 2.29. The fourth-order valence-corrected chi connectivity index (χ4v) is 2.92. The first-order valence-corrected chi connectivity index (χ1v) is 9.57. The topological polar surface area (TPSA) is 110 Å². The van der Waals surface area contributed by atoms with Crippen molar-refractivity contribution in [2.24, 2.45) is 10.7 Å². The van der Waals surface area contributed by atoms with Gasteiger partial charge in [-0.3, -0.25) is 4.99 Å². The Bertz CT molecular complexity index is 730. The Morgan fingerprint density at radius 1 is 1.17 bits per heavy atom. The van der Waals surface area contributed by atoms with Crippen LogP contribution in [0, 0.1) is 0 Å². The quantitative estimate of drug-likeness (QED) is 0.338. The number of amides is 1. The van der Waals surface area contributed by atoms with Crippen LogP contribution >= 0.6 is 24.0 Å². The van der Waals surface area contributed by atoms with E-state index in [4.69, 9.17) is 19.9 Å². The maximum absolute atomic E-state index is 12.1. The van der Waals surface area contributed by atoms with E-state index >= 15 is 0 Å². The second kappa shape index (κ2) is 11.4. The lowest BCUT2D eigenvalue weighted by Gasteiger charge is -2.36. The molecule has 1 fully saturated rings. The monoisotopic (exact) mass is 536 g/mol. The van der Waals surface area contributed by atoms with Crippen molar-refractivity contribution in [1.29, 1.82) is 0 Å². The van der Waals surface area contributed by atoms with Gasteiger partial charge in [-0.2, -0.15) is 0 Å². The Labute approximate surface area is 195 Å². The summed E-state index contributed by atoms with van der Waals surface area (Å²) < 4.78 is 15.9. The molecule has 3 N–H and O–H groups in total. The van der Waals surface area contributed by atoms with Crippen LogP contribution in [-0.2, 0) is 4.74 Å². The number of hydrogen-bond acceptors (Lipinski definition) is 6. The van der Waals surface area contributed by atoms with Crippen LogP contribution in [0.15, 0.2) is 23.2 Å². The zero-order valence-electron chi connectivity index (χ0n) is 18.3. The lowest BCUT2D eigenvalue weighted by atomic mass is 10.1. The van der Waals surface area contributed by atoms with Crippen molar-refractivity contribution in [1.82, 2.24) is 9.80 Å². The molecule has 1 amide bonds. The normalized spacial score (nSPS) is 15.9. The molecule has 0 saturated carbocycles. The number of carbonyl (C=O) groups excluding carboxylic acids is 1. The minimum absolute atomic E-state index is 0. The van der Waals surface area contributed by atoms with Gasteiger partial charge in [-0.15, -0.1) is 24.0 Å². The number of nitrogens with two attached hydrogens (primary N) is 1. The maximum atomic E-state index is 12.1. The van der Waals surface area contributed by atoms with Crippen molar-refractivity contribution in [3.05, 3.63) is 23.8 Å². The lowest BCUT2D eigenvalue weighted by molar-refractivity contribution is 0.0186. The summed E-state index contributed by atoms with van der Waals surface area (Å²) in [5, 5.41) is 10.5. The number of aliphatic hydroxyl groups excluding tert-OH is 1. The standard InChI is InChI=1S/C20H32N4O5.HI/c1-20(2,3)29-19(26)24-10-8-23(9-11-24)18(21)22-13-16(25)15-12-14(27-4)6-7-17(15)28-5;/h6-7,12,16,25H,8-11,13H2,1-5H3,(H2,21,22);1H. The number of carbonyl (C=O) groups is 1. The minimum Gasteiger partial charge on any atom is -0.497 e. The summed E-state index contributed by atoms with van der Waals surface area (Å²) in [7, 11) is 3.10. The van der Waals surface area contributed by atoms with Crippen molar-refractivity contribution < 1.29 is 24.1 Å². The van der Waals surface area contributed by atoms with Crippen molar-refractivity contribution >= 4 is 36.0 Å². The molecule has 1 atom stereocenters. The number of aliphatic imine (C=N–C) groups is 1. The molecule has 0 bridgehead atoms. The predicted octanol–water partition coefficient (Wildman–Crippen LogP) is 2.22. The van der Waals surface area contributed by atoms with Crippen LogP contribution in [0.3, 0.4) is 0 Å². The molecule has 1 saturated heterocycles. The zero-order chi connectivity index (χ0) is 21.6. The van der Waals surface area contributed by atoms with Crippen molar-refractivity contribution in [2.45, 2.75) is 32.5 Å². The van der Waals surface area contributed by atoms with E-state index in [1.165, 1.54) is 0 Å². The second-order valence-corrected chi connectivity index (χ2v) is 7.78. The average Bonchev–Trinajstić information content (AvgIpc) is 2.70. The van der Waals surface area contributed by atoms with E-state index in [2.05, 4.69) is 4.99 Å². The number of guanidine groups is 1. The summed E-state index contributed by atoms with van der Waals surface area (Å²) in [6.07, 6.45) is -1.21. The van der Waals surface area contributed by atoms with E-state index in [-0.39, 0.29) is 36.6 Å². The smallest absolute Gasteiger partial charge is 0.410 e. The molecule has 2 rings (SSSR count). The fraction of sp³-hybridized carbons (Fsp3) is 0.600. The number of hydrogen-bond donors (Lipinski definition) is 2. The fourth-order valence-electron chi connectivity index (χ4n) is 2.92. The molecule has 170 valence electrons. The van der Waals surface area contributed by atoms with Gasteiger partial charge in [0.1, 0.15) is 23.2 Å². The number of rotatable bonds is 5. The highest BCUT2D eigenvalue weighted by molar-refractivity contribution is 14.0. The molecule has 0 spiro atoms. The van der Waals surface area contributed by atoms with E-state index in [1.54, 1.807) is 37.3 Å². The highest BCUT2D eigenvalue weighted by atomic mass is 127. The summed E-state index contributed by atoms with van der Waals surface area (Å²) >= 11 is 0. The van der Waals surface area contributed by atoms with Gasteiger partial charge in [-0.1, -0.05) is 0 Å². The van der Waals surface area contributed by atoms with Crippen LogP contribution in [0.5, 0.6) is 11.5 Å². The molecule has 30 heavy (non-hydrogen) atoms. The Kier molecular flexibility index (Phi) is 9.95. The third-order valence-corrected chi connectivity index (χ3v) is 4.48. The Morgan fingerprint density at radius 2 is 1.77 bits per heavy atom. The van der Waals surface area contributed by atoms with Gasteiger partial charge < -0.3 is 34.9 Å². The van der Waals surface area contributed by atoms with E-state index in [1.807, 2.05) is 25.7 Å². The van der Waals surface area contributed by atoms with Gasteiger partial charge in [-0.05, 0) is 39.0 Å². The highest BCUT2D eigenvalue weighted by Gasteiger charge is 2.26. The minimum atomic E-state index is -0.887. The predicted molar refractivity (Wildman–Crippen MR) is 126 cm³/mol. The molecule has 1 aliphatic heterocycles. The van der Waals surface area contributed by atoms with E-state index in [0.717, 1.165) is 0 Å². The molecule has 1 aromatic rings. The molecular weight excluding hydrogens is 503 g/mol. The van der Waals surface area contributed by atoms with Gasteiger partial charge in [0.05, 0.1) is 20.8 Å². The van der Waals surface area contributed by atoms with Crippen molar-refractivity contribution in [3.63, 3.8) is 0 Å². The number of aliphatic hydroxyl groups is 1. The number of halogens is 1. The van der Waals surface area contributed by atoms with Crippen molar-refractivity contribution in [3.8, 4) is 11.5 Å². The van der Waals surface area contributed by atoms with Gasteiger partial charge in [0.25, 0.3) is 0 Å². The van der Waals surface area contributed by atoms with Gasteiger partial charge in [0.15, 0.2) is 5.96 Å². The summed E-state index contributed by atoms with van der Waals surface area (Å²) in [6, 6.07) is 5.21. The number of nitrogens with zero attached hydrogens (tertiary/aromatic N) is 3. The average molecular weight is 536 g/mol. The maximum Gasteiger partial charge on any atom is 0.410 e. The van der Waals surface area contributed by atoms with Crippen LogP contribution in [0.1, 0.15) is 32.4 Å². The first-order chi connectivity index (χ1) is 13.6. The van der Waals surface area contributed by atoms with Crippen LogP contribution in [0.4, 0.5) is 4.79 Å². The molecule has 1 unspecified atom stereocenters. The van der Waals surface area contributed by atoms with Gasteiger partial charge in [-0.25, -0.2) is 4.79 Å². The van der Waals surface area contributed by atoms with Gasteiger partial charge in [0.2, 0.25) is 0 Å². The molecule has 1 heterocycles. The molecular formula is C20H33IN4O5. The Morgan fingerprint density at radius 3 is 2.30 bits per heavy atom. The summed E-state index contributed by atoms with van der Waals surface area (Å²) in [5.41, 5.74) is 6.16. The number of benzene rings is 1. The Balaban J connectivity index is 0.00000450. The number of piperazine rings is 1. The first-order valence-electron chi connectivity index (χ1n) is 9.57. The van der Waals surface area contributed by atoms with Crippen LogP contribution < -0.4 is 15.2 Å². The molecule has 0 aliphatic carbocycles. The Hall–Kier alpha value is -1.95. The van der Waals surface area contributed by atoms with Crippen LogP contribution in [0.2, 0.25) is 0 Å². The van der Waals surface area contributed by atoms with Crippen LogP contribution in [-0.4, -0.2) is 79.5 Å². The summed E-state index contributed by atoms with van der Waals surface area (Å²) in [4.78, 5) is 20.0. The molecule has 0 radical (unpaired) electrons.